The van der Waals surface area contributed by atoms with Gasteiger partial charge in [0.2, 0.25) is 0 Å². The topological polar surface area (TPSA) is 122 Å². The van der Waals surface area contributed by atoms with Crippen LogP contribution < -0.4 is 4.90 Å². The summed E-state index contributed by atoms with van der Waals surface area (Å²) in [4.78, 5) is 41.7. The molecular weight excluding hydrogens is 410 g/mol. The van der Waals surface area contributed by atoms with Gasteiger partial charge in [-0.3, -0.25) is 24.8 Å². The number of imide groups is 1. The predicted molar refractivity (Wildman–Crippen MR) is 109 cm³/mol. The largest absolute Gasteiger partial charge is 0.275 e. The van der Waals surface area contributed by atoms with E-state index in [1.54, 1.807) is 24.3 Å². The first-order valence-corrected chi connectivity index (χ1v) is 9.10. The Morgan fingerprint density at radius 1 is 1.00 bits per heavy atom. The standard InChI is InChI=1S/C20H10ClN5O4/c21-11-3-1-10(2-4-11)17-16-15-14(9-22-18(16)24-23-17)19(27)25(20(15)28)12-5-7-13(8-6-12)26(29)30/h1-9H,(H,22,23,24). The Morgan fingerprint density at radius 2 is 1.70 bits per heavy atom. The lowest BCUT2D eigenvalue weighted by molar-refractivity contribution is -0.384. The van der Waals surface area contributed by atoms with E-state index >= 15 is 0 Å². The van der Waals surface area contributed by atoms with E-state index in [-0.39, 0.29) is 22.5 Å². The Kier molecular flexibility index (Phi) is 3.87. The zero-order chi connectivity index (χ0) is 21.0. The SMILES string of the molecule is O=C1c2cnc3n[nH]c(-c4ccc(Cl)cc4)c3c2C(=O)N1c1ccc([N+](=O)[O-])cc1. The van der Waals surface area contributed by atoms with Crippen LogP contribution in [0.15, 0.2) is 54.7 Å². The van der Waals surface area contributed by atoms with E-state index in [2.05, 4.69) is 15.2 Å². The number of pyridine rings is 1. The number of aromatic amines is 1. The van der Waals surface area contributed by atoms with E-state index in [1.165, 1.54) is 30.5 Å². The summed E-state index contributed by atoms with van der Waals surface area (Å²) in [5, 5.41) is 18.9. The fourth-order valence-corrected chi connectivity index (χ4v) is 3.61. The molecule has 0 bridgehead atoms. The molecule has 0 saturated carbocycles. The summed E-state index contributed by atoms with van der Waals surface area (Å²) in [7, 11) is 0. The summed E-state index contributed by atoms with van der Waals surface area (Å²) in [5.74, 6) is -1.10. The summed E-state index contributed by atoms with van der Waals surface area (Å²) in [5.41, 5.74) is 1.98. The molecule has 0 radical (unpaired) electrons. The number of hydrogen-bond acceptors (Lipinski definition) is 6. The van der Waals surface area contributed by atoms with Crippen molar-refractivity contribution in [3.63, 3.8) is 0 Å². The summed E-state index contributed by atoms with van der Waals surface area (Å²) >= 11 is 5.96. The number of amides is 2. The van der Waals surface area contributed by atoms with Crippen LogP contribution in [0.4, 0.5) is 11.4 Å². The molecule has 4 aromatic rings. The molecule has 0 atom stereocenters. The number of nitro groups is 1. The van der Waals surface area contributed by atoms with Crippen molar-refractivity contribution >= 4 is 45.8 Å². The number of hydrogen-bond donors (Lipinski definition) is 1. The molecule has 30 heavy (non-hydrogen) atoms. The Bertz CT molecular complexity index is 1360. The first kappa shape index (κ1) is 18.0. The number of halogens is 1. The lowest BCUT2D eigenvalue weighted by Crippen LogP contribution is -2.29. The summed E-state index contributed by atoms with van der Waals surface area (Å²) in [6, 6.07) is 12.1. The number of carbonyl (C=O) groups excluding carboxylic acids is 2. The molecule has 2 aromatic carbocycles. The maximum atomic E-state index is 13.3. The number of aromatic nitrogens is 3. The fourth-order valence-electron chi connectivity index (χ4n) is 3.48. The smallest absolute Gasteiger partial charge is 0.269 e. The van der Waals surface area contributed by atoms with Crippen LogP contribution in [-0.2, 0) is 0 Å². The van der Waals surface area contributed by atoms with Gasteiger partial charge in [-0.05, 0) is 24.3 Å². The van der Waals surface area contributed by atoms with E-state index in [0.717, 1.165) is 10.5 Å². The van der Waals surface area contributed by atoms with Gasteiger partial charge < -0.3 is 0 Å². The van der Waals surface area contributed by atoms with Gasteiger partial charge in [0, 0.05) is 28.9 Å². The van der Waals surface area contributed by atoms with Crippen molar-refractivity contribution in [1.29, 1.82) is 0 Å². The molecular formula is C20H10ClN5O4. The minimum absolute atomic E-state index is 0.140. The van der Waals surface area contributed by atoms with Crippen molar-refractivity contribution in [1.82, 2.24) is 15.2 Å². The highest BCUT2D eigenvalue weighted by Gasteiger charge is 2.40. The van der Waals surface area contributed by atoms with Crippen LogP contribution in [0.2, 0.25) is 5.02 Å². The van der Waals surface area contributed by atoms with Gasteiger partial charge in [0.1, 0.15) is 0 Å². The molecule has 3 heterocycles. The lowest BCUT2D eigenvalue weighted by atomic mass is 10.0. The Morgan fingerprint density at radius 3 is 2.37 bits per heavy atom. The van der Waals surface area contributed by atoms with Gasteiger partial charge in [-0.2, -0.15) is 5.10 Å². The number of carbonyl (C=O) groups is 2. The molecule has 0 spiro atoms. The normalized spacial score (nSPS) is 13.2. The average molecular weight is 420 g/mol. The molecule has 1 N–H and O–H groups in total. The molecule has 9 nitrogen and oxygen atoms in total. The van der Waals surface area contributed by atoms with E-state index in [0.29, 0.717) is 21.7 Å². The molecule has 1 aliphatic heterocycles. The zero-order valence-corrected chi connectivity index (χ0v) is 15.8. The van der Waals surface area contributed by atoms with Crippen molar-refractivity contribution in [3.05, 3.63) is 81.0 Å². The molecule has 0 aliphatic carbocycles. The van der Waals surface area contributed by atoms with Crippen molar-refractivity contribution < 1.29 is 14.5 Å². The highest BCUT2D eigenvalue weighted by atomic mass is 35.5. The Labute approximate surface area is 173 Å². The van der Waals surface area contributed by atoms with Gasteiger partial charge in [0.05, 0.1) is 32.8 Å². The summed E-state index contributed by atoms with van der Waals surface area (Å²) < 4.78 is 0. The quantitative estimate of drug-likeness (QED) is 0.304. The second-order valence-electron chi connectivity index (χ2n) is 6.57. The van der Waals surface area contributed by atoms with Crippen LogP contribution in [-0.4, -0.2) is 31.9 Å². The van der Waals surface area contributed by atoms with Gasteiger partial charge in [0.25, 0.3) is 17.5 Å². The van der Waals surface area contributed by atoms with Crippen molar-refractivity contribution in [2.45, 2.75) is 0 Å². The minimum Gasteiger partial charge on any atom is -0.275 e. The van der Waals surface area contributed by atoms with Crippen molar-refractivity contribution in [3.8, 4) is 11.3 Å². The number of rotatable bonds is 3. The first-order chi connectivity index (χ1) is 14.5. The molecule has 0 fully saturated rings. The molecule has 0 unspecified atom stereocenters. The molecule has 0 saturated heterocycles. The van der Waals surface area contributed by atoms with Gasteiger partial charge in [-0.15, -0.1) is 0 Å². The second-order valence-corrected chi connectivity index (χ2v) is 7.01. The maximum absolute atomic E-state index is 13.3. The van der Waals surface area contributed by atoms with Gasteiger partial charge >= 0.3 is 0 Å². The predicted octanol–water partition coefficient (Wildman–Crippen LogP) is 3.99. The molecule has 1 aliphatic rings. The molecule has 10 heteroatoms. The van der Waals surface area contributed by atoms with Crippen molar-refractivity contribution in [2.75, 3.05) is 4.90 Å². The maximum Gasteiger partial charge on any atom is 0.269 e. The number of non-ortho nitro benzene ring substituents is 1. The number of benzene rings is 2. The second kappa shape index (κ2) is 6.46. The molecule has 2 aromatic heterocycles. The number of nitrogens with one attached hydrogen (secondary N) is 1. The van der Waals surface area contributed by atoms with Gasteiger partial charge in [-0.1, -0.05) is 23.7 Å². The van der Waals surface area contributed by atoms with Crippen molar-refractivity contribution in [2.24, 2.45) is 0 Å². The average Bonchev–Trinajstić information content (AvgIpc) is 3.28. The van der Waals surface area contributed by atoms with E-state index < -0.39 is 16.7 Å². The van der Waals surface area contributed by atoms with Gasteiger partial charge in [-0.25, -0.2) is 9.88 Å². The number of anilines is 1. The Balaban J connectivity index is 1.66. The number of nitro benzene ring substituents is 1. The lowest BCUT2D eigenvalue weighted by Gasteiger charge is -2.13. The van der Waals surface area contributed by atoms with Crippen LogP contribution in [0.1, 0.15) is 20.7 Å². The monoisotopic (exact) mass is 419 g/mol. The van der Waals surface area contributed by atoms with E-state index in [9.17, 15) is 19.7 Å². The number of nitrogens with zero attached hydrogens (tertiary/aromatic N) is 4. The molecule has 146 valence electrons. The summed E-state index contributed by atoms with van der Waals surface area (Å²) in [6.45, 7) is 0. The third-order valence-electron chi connectivity index (χ3n) is 4.88. The van der Waals surface area contributed by atoms with Crippen LogP contribution >= 0.6 is 11.6 Å². The third-order valence-corrected chi connectivity index (χ3v) is 5.14. The van der Waals surface area contributed by atoms with Crippen LogP contribution in [0.3, 0.4) is 0 Å². The molecule has 5 rings (SSSR count). The first-order valence-electron chi connectivity index (χ1n) is 8.72. The summed E-state index contributed by atoms with van der Waals surface area (Å²) in [6.07, 6.45) is 1.32. The van der Waals surface area contributed by atoms with Crippen LogP contribution in [0.5, 0.6) is 0 Å². The van der Waals surface area contributed by atoms with Crippen LogP contribution in [0.25, 0.3) is 22.3 Å². The van der Waals surface area contributed by atoms with Crippen LogP contribution in [0, 0.1) is 10.1 Å². The third kappa shape index (κ3) is 2.56. The zero-order valence-electron chi connectivity index (χ0n) is 15.0. The number of H-pyrrole nitrogens is 1. The molecule has 2 amide bonds. The highest BCUT2D eigenvalue weighted by molar-refractivity contribution is 6.38. The van der Waals surface area contributed by atoms with E-state index in [1.807, 2.05) is 0 Å². The van der Waals surface area contributed by atoms with E-state index in [4.69, 9.17) is 11.6 Å². The fraction of sp³-hybridized carbons (Fsp3) is 0. The Hall–Kier alpha value is -4.11. The highest BCUT2D eigenvalue weighted by Crippen LogP contribution is 2.36. The number of fused-ring (bicyclic) bond motifs is 3. The van der Waals surface area contributed by atoms with Gasteiger partial charge in [0.15, 0.2) is 5.65 Å². The minimum atomic E-state index is -0.554.